The third kappa shape index (κ3) is 26.8. The number of ketones is 2. The average Bonchev–Trinajstić information content (AvgIpc) is 3.38. The Morgan fingerprint density at radius 2 is 1.13 bits per heavy atom. The maximum atomic E-state index is 12.9. The number of fused-ring (bicyclic) bond motifs is 1. The zero-order valence-electron chi connectivity index (χ0n) is 44.1. The van der Waals surface area contributed by atoms with Crippen molar-refractivity contribution in [3.05, 3.63) is 52.1 Å². The number of carboxylic acid groups (broad SMARTS) is 5. The molecule has 28 nitrogen and oxygen atoms in total. The van der Waals surface area contributed by atoms with Crippen LogP contribution in [0.4, 0.5) is 11.6 Å². The van der Waals surface area contributed by atoms with E-state index in [2.05, 4.69) is 30.6 Å². The SMILES string of the molecule is Nc1nc2ncc(CNc3ccc(C(=O)N[C@@H](CCC(=O)CCCCOCCOCCOCCCCC(=O)CCC(C(=O)O)N4CCN(CC(=O)[O-])CCN(CC(=O)[O-])CCN(CC(=O)[O-])CC4)C(=O)O)cc3)nc2c(=O)[nH]1.[Ga+3]. The Morgan fingerprint density at radius 1 is 0.646 bits per heavy atom. The topological polar surface area (TPSA) is 408 Å². The summed E-state index contributed by atoms with van der Waals surface area (Å²) in [6.45, 7) is 1.61. The third-order valence-corrected chi connectivity index (χ3v) is 12.5. The van der Waals surface area contributed by atoms with Crippen molar-refractivity contribution in [1.29, 1.82) is 0 Å². The number of nitrogens with two attached hydrogens (primary N) is 1. The fraction of sp³-hybridized carbons (Fsp3) is 0.600. The Balaban J connectivity index is 0.0000164. The van der Waals surface area contributed by atoms with Gasteiger partial charge < -0.3 is 70.5 Å². The standard InChI is InChI=1S/C50H73N11O17.Ga/c51-50-56-45-44(47(71)57-50)54-36(30-53-45)29-52-35-9-7-34(8-10-35)46(70)55-39(48(72)73)13-11-37(62)5-1-3-23-76-25-27-78-28-26-77-24-4-2-6-38(63)12-14-40(49(74)75)61-21-19-59(32-42(66)67)17-15-58(31-41(64)65)16-18-60(20-22-61)33-43(68)69;/h7-10,30,39-40,52H,1-6,11-29,31-33H2,(H,55,70)(H,64,65)(H,66,67)(H,68,69)(H,72,73)(H,74,75)(H3,51,53,56,57,71);/q;+3/p-3/t39-,40?;/m0./s1. The number of rotatable bonds is 36. The zero-order chi connectivity index (χ0) is 56.8. The number of amides is 1. The van der Waals surface area contributed by atoms with E-state index < -0.39 is 73.0 Å². The van der Waals surface area contributed by atoms with Gasteiger partial charge in [-0.15, -0.1) is 0 Å². The number of hydrogen-bond acceptors (Lipinski definition) is 24. The predicted octanol–water partition coefficient (Wildman–Crippen LogP) is -4.28. The van der Waals surface area contributed by atoms with E-state index in [0.717, 1.165) is 0 Å². The molecule has 3 aromatic rings. The van der Waals surface area contributed by atoms with Crippen LogP contribution in [0.2, 0.25) is 0 Å². The number of H-pyrrole nitrogens is 1. The Bertz CT molecular complexity index is 2470. The molecule has 0 bridgehead atoms. The number of ether oxygens (including phenoxy) is 3. The van der Waals surface area contributed by atoms with E-state index in [4.69, 9.17) is 19.9 Å². The number of carboxylic acids is 5. The first-order chi connectivity index (χ1) is 37.4. The van der Waals surface area contributed by atoms with E-state index >= 15 is 0 Å². The quantitative estimate of drug-likeness (QED) is 0.0237. The first-order valence-electron chi connectivity index (χ1n) is 25.8. The van der Waals surface area contributed by atoms with E-state index in [1.54, 1.807) is 17.0 Å². The van der Waals surface area contributed by atoms with Crippen LogP contribution in [0, 0.1) is 0 Å². The number of nitrogens with one attached hydrogen (secondary N) is 3. The van der Waals surface area contributed by atoms with E-state index in [0.29, 0.717) is 76.7 Å². The van der Waals surface area contributed by atoms with Crippen LogP contribution in [-0.2, 0) is 54.3 Å². The Kier molecular flexibility index (Phi) is 31.0. The van der Waals surface area contributed by atoms with Crippen molar-refractivity contribution in [2.24, 2.45) is 0 Å². The molecule has 0 saturated carbocycles. The molecule has 2 aromatic heterocycles. The van der Waals surface area contributed by atoms with Gasteiger partial charge in [-0.1, -0.05) is 0 Å². The fourth-order valence-electron chi connectivity index (χ4n) is 8.28. The third-order valence-electron chi connectivity index (χ3n) is 12.5. The maximum Gasteiger partial charge on any atom is 3.00 e. The number of aromatic nitrogens is 4. The number of Topliss-reactive ketones (excluding diaryl/α,β-unsaturated/α-hetero) is 2. The summed E-state index contributed by atoms with van der Waals surface area (Å²) >= 11 is 0. The fourth-order valence-corrected chi connectivity index (χ4v) is 8.28. The van der Waals surface area contributed by atoms with Gasteiger partial charge >= 0.3 is 31.7 Å². The van der Waals surface area contributed by atoms with Crippen molar-refractivity contribution in [2.75, 3.05) is 123 Å². The number of anilines is 2. The second-order valence-electron chi connectivity index (χ2n) is 18.5. The molecule has 1 amide bonds. The molecule has 4 rings (SSSR count). The number of nitrogen functional groups attached to an aromatic ring is 1. The molecular weight excluding hydrogens is 1100 g/mol. The molecule has 0 radical (unpaired) electrons. The Morgan fingerprint density at radius 3 is 1.61 bits per heavy atom. The van der Waals surface area contributed by atoms with Crippen molar-refractivity contribution in [3.8, 4) is 0 Å². The Hall–Kier alpha value is -6.44. The number of hydrogen-bond donors (Lipinski definition) is 6. The monoisotopic (exact) mass is 1170 g/mol. The Labute approximate surface area is 468 Å². The molecule has 1 unspecified atom stereocenters. The first-order valence-corrected chi connectivity index (χ1v) is 25.8. The van der Waals surface area contributed by atoms with Gasteiger partial charge in [0, 0.05) is 122 Å². The van der Waals surface area contributed by atoms with E-state index in [9.17, 15) is 68.7 Å². The molecule has 1 aliphatic heterocycles. The molecule has 1 aromatic carbocycles. The second-order valence-corrected chi connectivity index (χ2v) is 18.5. The summed E-state index contributed by atoms with van der Waals surface area (Å²) in [6, 6.07) is 3.87. The van der Waals surface area contributed by atoms with Crippen molar-refractivity contribution >= 4 is 89.9 Å². The van der Waals surface area contributed by atoms with Crippen LogP contribution < -0.4 is 37.2 Å². The van der Waals surface area contributed by atoms with Crippen LogP contribution in [0.1, 0.15) is 80.3 Å². The summed E-state index contributed by atoms with van der Waals surface area (Å²) in [6.07, 6.45) is 3.94. The molecule has 1 aliphatic rings. The van der Waals surface area contributed by atoms with Crippen LogP contribution in [-0.4, -0.2) is 241 Å². The molecule has 29 heteroatoms. The second kappa shape index (κ2) is 36.7. The van der Waals surface area contributed by atoms with Gasteiger partial charge in [-0.25, -0.2) is 14.8 Å². The summed E-state index contributed by atoms with van der Waals surface area (Å²) in [5.74, 6) is -7.51. The van der Waals surface area contributed by atoms with Gasteiger partial charge in [0.2, 0.25) is 5.95 Å². The summed E-state index contributed by atoms with van der Waals surface area (Å²) < 4.78 is 16.7. The number of unbranched alkanes of at least 4 members (excludes halogenated alkanes) is 2. The van der Waals surface area contributed by atoms with Gasteiger partial charge in [-0.2, -0.15) is 4.98 Å². The number of aromatic amines is 1. The van der Waals surface area contributed by atoms with Crippen molar-refractivity contribution in [2.45, 2.75) is 82.8 Å². The summed E-state index contributed by atoms with van der Waals surface area (Å²) in [5.41, 5.74) is 6.46. The molecule has 1 fully saturated rings. The minimum absolute atomic E-state index is 0. The normalized spacial score (nSPS) is 14.9. The molecule has 3 heterocycles. The summed E-state index contributed by atoms with van der Waals surface area (Å²) in [7, 11) is 0. The minimum atomic E-state index is -1.37. The number of aliphatic carboxylic acids is 5. The molecular formula is C50H70GaN11O17. The van der Waals surface area contributed by atoms with Gasteiger partial charge in [0.15, 0.2) is 11.2 Å². The van der Waals surface area contributed by atoms with E-state index in [-0.39, 0.29) is 151 Å². The smallest absolute Gasteiger partial charge is 0.549 e. The van der Waals surface area contributed by atoms with Crippen molar-refractivity contribution < 1.29 is 78.1 Å². The van der Waals surface area contributed by atoms with Crippen LogP contribution in [0.3, 0.4) is 0 Å². The van der Waals surface area contributed by atoms with E-state index in [1.165, 1.54) is 33.0 Å². The number of carbonyl (C=O) groups excluding carboxylic acids is 6. The van der Waals surface area contributed by atoms with Gasteiger partial charge in [0.25, 0.3) is 11.5 Å². The molecule has 79 heavy (non-hydrogen) atoms. The predicted molar refractivity (Wildman–Crippen MR) is 277 cm³/mol. The molecule has 0 aliphatic carbocycles. The molecule has 430 valence electrons. The van der Waals surface area contributed by atoms with Gasteiger partial charge in [-0.05, 0) is 62.8 Å². The summed E-state index contributed by atoms with van der Waals surface area (Å²) in [4.78, 5) is 130. The van der Waals surface area contributed by atoms with Gasteiger partial charge in [-0.3, -0.25) is 48.6 Å². The molecule has 2 atom stereocenters. The average molecular weight is 1170 g/mol. The zero-order valence-corrected chi connectivity index (χ0v) is 46.6. The number of carbonyl (C=O) groups is 8. The van der Waals surface area contributed by atoms with Crippen LogP contribution in [0.5, 0.6) is 0 Å². The van der Waals surface area contributed by atoms with Gasteiger partial charge in [0.05, 0.1) is 62.8 Å². The van der Waals surface area contributed by atoms with Crippen LogP contribution >= 0.6 is 0 Å². The molecule has 0 spiro atoms. The first kappa shape index (κ1) is 66.8. The van der Waals surface area contributed by atoms with Crippen LogP contribution in [0.25, 0.3) is 11.2 Å². The molecule has 1 saturated heterocycles. The van der Waals surface area contributed by atoms with Gasteiger partial charge in [0.1, 0.15) is 23.7 Å². The maximum absolute atomic E-state index is 12.9. The number of nitrogens with zero attached hydrogens (tertiary/aromatic N) is 7. The number of benzene rings is 1. The summed E-state index contributed by atoms with van der Waals surface area (Å²) in [5, 5.41) is 59.8. The minimum Gasteiger partial charge on any atom is -0.549 e. The molecule has 7 N–H and O–H groups in total. The van der Waals surface area contributed by atoms with E-state index in [1.807, 2.05) is 0 Å². The van der Waals surface area contributed by atoms with Crippen LogP contribution in [0.15, 0.2) is 35.3 Å². The van der Waals surface area contributed by atoms with Crippen molar-refractivity contribution in [3.63, 3.8) is 0 Å². The largest absolute Gasteiger partial charge is 3.00 e. The van der Waals surface area contributed by atoms with Crippen molar-refractivity contribution in [1.82, 2.24) is 44.9 Å².